The van der Waals surface area contributed by atoms with Gasteiger partial charge in [0.2, 0.25) is 5.71 Å². The van der Waals surface area contributed by atoms with Gasteiger partial charge in [-0.3, -0.25) is 14.2 Å². The summed E-state index contributed by atoms with van der Waals surface area (Å²) in [6.45, 7) is 2.26. The fraction of sp³-hybridized carbons (Fsp3) is 0.130. The summed E-state index contributed by atoms with van der Waals surface area (Å²) >= 11 is 0. The summed E-state index contributed by atoms with van der Waals surface area (Å²) in [6.07, 6.45) is 10.4. The van der Waals surface area contributed by atoms with Gasteiger partial charge in [-0.25, -0.2) is 4.68 Å². The average Bonchev–Trinajstić information content (AvgIpc) is 3.39. The molecular formula is C23H19N7O3. The molecular weight excluding hydrogens is 422 g/mol. The number of carbonyl (C=O) groups excluding carboxylic acids is 1. The Morgan fingerprint density at radius 3 is 2.91 bits per heavy atom. The maximum atomic E-state index is 13.5. The molecule has 0 aliphatic carbocycles. The number of furan rings is 1. The van der Waals surface area contributed by atoms with Crippen LogP contribution < -0.4 is 21.9 Å². The van der Waals surface area contributed by atoms with Gasteiger partial charge in [0.1, 0.15) is 28.9 Å². The van der Waals surface area contributed by atoms with E-state index in [0.29, 0.717) is 23.6 Å². The molecule has 1 aliphatic rings. The van der Waals surface area contributed by atoms with Crippen LogP contribution in [-0.2, 0) is 0 Å². The van der Waals surface area contributed by atoms with Gasteiger partial charge in [0.05, 0.1) is 17.3 Å². The SMILES string of the molecule is C#Cc1coc2nc(C(C)NC(=O)c3c(N)nn4c3NCC=C4)n(-c3ccccc3)c(=O)c12. The maximum absolute atomic E-state index is 13.5. The number of para-hydroxylation sites is 1. The lowest BCUT2D eigenvalue weighted by atomic mass is 10.2. The van der Waals surface area contributed by atoms with E-state index >= 15 is 0 Å². The van der Waals surface area contributed by atoms with E-state index in [1.165, 1.54) is 15.5 Å². The number of amides is 1. The number of nitrogens with zero attached hydrogens (tertiary/aromatic N) is 4. The summed E-state index contributed by atoms with van der Waals surface area (Å²) in [6, 6.07) is 8.29. The topological polar surface area (TPSA) is 133 Å². The van der Waals surface area contributed by atoms with E-state index < -0.39 is 17.5 Å². The molecule has 1 aliphatic heterocycles. The van der Waals surface area contributed by atoms with Crippen molar-refractivity contribution in [3.63, 3.8) is 0 Å². The van der Waals surface area contributed by atoms with Gasteiger partial charge in [0, 0.05) is 12.7 Å². The largest absolute Gasteiger partial charge is 0.445 e. The molecule has 5 rings (SSSR count). The second-order valence-corrected chi connectivity index (χ2v) is 7.43. The number of nitrogens with one attached hydrogen (secondary N) is 2. The van der Waals surface area contributed by atoms with Crippen molar-refractivity contribution in [1.82, 2.24) is 24.6 Å². The fourth-order valence-electron chi connectivity index (χ4n) is 3.82. The predicted octanol–water partition coefficient (Wildman–Crippen LogP) is 2.13. The molecule has 10 heteroatoms. The summed E-state index contributed by atoms with van der Waals surface area (Å²) in [4.78, 5) is 31.1. The Labute approximate surface area is 187 Å². The third-order valence-corrected chi connectivity index (χ3v) is 5.34. The first-order chi connectivity index (χ1) is 16.0. The molecule has 4 aromatic rings. The first kappa shape index (κ1) is 20.1. The van der Waals surface area contributed by atoms with E-state index in [1.54, 1.807) is 37.4 Å². The molecule has 0 saturated heterocycles. The van der Waals surface area contributed by atoms with Crippen molar-refractivity contribution < 1.29 is 9.21 Å². The molecule has 1 atom stereocenters. The summed E-state index contributed by atoms with van der Waals surface area (Å²) in [7, 11) is 0. The number of aromatic nitrogens is 4. The van der Waals surface area contributed by atoms with Gasteiger partial charge in [-0.05, 0) is 25.1 Å². The summed E-state index contributed by atoms with van der Waals surface area (Å²) in [5.41, 5.74) is 6.82. The Morgan fingerprint density at radius 1 is 1.36 bits per heavy atom. The van der Waals surface area contributed by atoms with E-state index in [4.69, 9.17) is 16.6 Å². The molecule has 0 bridgehead atoms. The van der Waals surface area contributed by atoms with E-state index in [0.717, 1.165) is 0 Å². The highest BCUT2D eigenvalue weighted by atomic mass is 16.3. The van der Waals surface area contributed by atoms with Crippen LogP contribution in [0.1, 0.15) is 34.7 Å². The number of hydrogen-bond acceptors (Lipinski definition) is 7. The third kappa shape index (κ3) is 3.23. The van der Waals surface area contributed by atoms with Gasteiger partial charge in [-0.2, -0.15) is 4.98 Å². The summed E-state index contributed by atoms with van der Waals surface area (Å²) in [5, 5.41) is 10.3. The molecule has 4 N–H and O–H groups in total. The van der Waals surface area contributed by atoms with Gasteiger partial charge in [-0.1, -0.05) is 24.1 Å². The van der Waals surface area contributed by atoms with Gasteiger partial charge >= 0.3 is 0 Å². The molecule has 1 unspecified atom stereocenters. The number of anilines is 2. The van der Waals surface area contributed by atoms with Crippen LogP contribution in [0.3, 0.4) is 0 Å². The van der Waals surface area contributed by atoms with E-state index in [1.807, 2.05) is 12.1 Å². The molecule has 10 nitrogen and oxygen atoms in total. The van der Waals surface area contributed by atoms with E-state index in [9.17, 15) is 9.59 Å². The van der Waals surface area contributed by atoms with Crippen LogP contribution in [0.5, 0.6) is 0 Å². The monoisotopic (exact) mass is 441 g/mol. The van der Waals surface area contributed by atoms with Crippen molar-refractivity contribution >= 4 is 34.8 Å². The molecule has 0 saturated carbocycles. The molecule has 0 spiro atoms. The summed E-state index contributed by atoms with van der Waals surface area (Å²) < 4.78 is 8.37. The van der Waals surface area contributed by atoms with Crippen LogP contribution in [0.15, 0.2) is 51.9 Å². The smallest absolute Gasteiger partial charge is 0.270 e. The maximum Gasteiger partial charge on any atom is 0.270 e. The van der Waals surface area contributed by atoms with Crippen molar-refractivity contribution in [3.05, 3.63) is 70.0 Å². The first-order valence-corrected chi connectivity index (χ1v) is 10.1. The third-order valence-electron chi connectivity index (χ3n) is 5.34. The van der Waals surface area contributed by atoms with Gasteiger partial charge in [-0.15, -0.1) is 11.5 Å². The Hall–Kier alpha value is -4.78. The molecule has 4 heterocycles. The highest BCUT2D eigenvalue weighted by Gasteiger charge is 2.27. The summed E-state index contributed by atoms with van der Waals surface area (Å²) in [5.74, 6) is 2.85. The van der Waals surface area contributed by atoms with Crippen LogP contribution in [0.4, 0.5) is 11.6 Å². The normalized spacial score (nSPS) is 13.2. The minimum absolute atomic E-state index is 0.0855. The molecule has 1 aromatic carbocycles. The zero-order valence-electron chi connectivity index (χ0n) is 17.6. The van der Waals surface area contributed by atoms with Crippen molar-refractivity contribution in [3.8, 4) is 18.0 Å². The second kappa shape index (κ2) is 7.72. The number of fused-ring (bicyclic) bond motifs is 2. The number of carbonyl (C=O) groups is 1. The standard InChI is InChI=1S/C23H19N7O3/c1-3-14-12-33-22-16(14)23(32)30(15-8-5-4-6-9-15)19(27-22)13(2)26-21(31)17-18(24)28-29-11-7-10-25-20(17)29/h1,4-9,11-13,25H,10H2,2H3,(H2,24,28)(H,26,31). The number of terminal acetylenes is 1. The number of nitrogens with two attached hydrogens (primary N) is 1. The van der Waals surface area contributed by atoms with E-state index in [-0.39, 0.29) is 28.3 Å². The highest BCUT2D eigenvalue weighted by molar-refractivity contribution is 6.04. The van der Waals surface area contributed by atoms with Crippen molar-refractivity contribution in [2.24, 2.45) is 0 Å². The molecule has 33 heavy (non-hydrogen) atoms. The second-order valence-electron chi connectivity index (χ2n) is 7.43. The Balaban J connectivity index is 1.61. The Bertz CT molecular complexity index is 1520. The average molecular weight is 441 g/mol. The Morgan fingerprint density at radius 2 is 2.15 bits per heavy atom. The predicted molar refractivity (Wildman–Crippen MR) is 124 cm³/mol. The lowest BCUT2D eigenvalue weighted by Gasteiger charge is -2.19. The van der Waals surface area contributed by atoms with Crippen LogP contribution in [-0.4, -0.2) is 31.8 Å². The van der Waals surface area contributed by atoms with Crippen LogP contribution in [0, 0.1) is 12.3 Å². The number of rotatable bonds is 4. The van der Waals surface area contributed by atoms with Crippen LogP contribution >= 0.6 is 0 Å². The minimum atomic E-state index is -0.691. The fourth-order valence-corrected chi connectivity index (χ4v) is 3.82. The first-order valence-electron chi connectivity index (χ1n) is 10.1. The molecule has 164 valence electrons. The Kier molecular flexibility index (Phi) is 4.71. The number of nitrogen functional groups attached to an aromatic ring is 1. The molecule has 3 aromatic heterocycles. The van der Waals surface area contributed by atoms with Crippen LogP contribution in [0.2, 0.25) is 0 Å². The van der Waals surface area contributed by atoms with E-state index in [2.05, 4.69) is 26.6 Å². The van der Waals surface area contributed by atoms with Crippen molar-refractivity contribution in [2.45, 2.75) is 13.0 Å². The molecule has 0 radical (unpaired) electrons. The van der Waals surface area contributed by atoms with Crippen molar-refractivity contribution in [2.75, 3.05) is 17.6 Å². The number of benzene rings is 1. The highest BCUT2D eigenvalue weighted by Crippen LogP contribution is 2.26. The minimum Gasteiger partial charge on any atom is -0.445 e. The lowest BCUT2D eigenvalue weighted by molar-refractivity contribution is 0.0939. The molecule has 1 amide bonds. The van der Waals surface area contributed by atoms with Crippen LogP contribution in [0.25, 0.3) is 23.0 Å². The van der Waals surface area contributed by atoms with Crippen molar-refractivity contribution in [1.29, 1.82) is 0 Å². The lowest BCUT2D eigenvalue weighted by Crippen LogP contribution is -2.33. The number of hydrogen-bond donors (Lipinski definition) is 3. The van der Waals surface area contributed by atoms with Gasteiger partial charge in [0.25, 0.3) is 11.5 Å². The van der Waals surface area contributed by atoms with Gasteiger partial charge < -0.3 is 20.8 Å². The molecule has 0 fully saturated rings. The zero-order chi connectivity index (χ0) is 23.1. The quantitative estimate of drug-likeness (QED) is 0.413. The van der Waals surface area contributed by atoms with Gasteiger partial charge in [0.15, 0.2) is 5.82 Å². The zero-order valence-corrected chi connectivity index (χ0v) is 17.6.